The second-order valence-electron chi connectivity index (χ2n) is 13.2. The molecule has 1 saturated heterocycles. The number of nitriles is 1. The van der Waals surface area contributed by atoms with Gasteiger partial charge in [-0.1, -0.05) is 6.07 Å². The van der Waals surface area contributed by atoms with Gasteiger partial charge in [0.05, 0.1) is 49.8 Å². The van der Waals surface area contributed by atoms with E-state index < -0.39 is 13.0 Å². The smallest absolute Gasteiger partial charge is 0.487 e. The van der Waals surface area contributed by atoms with E-state index in [1.165, 1.54) is 6.33 Å². The first-order valence-corrected chi connectivity index (χ1v) is 17.4. The van der Waals surface area contributed by atoms with Crippen molar-refractivity contribution in [3.8, 4) is 28.8 Å². The van der Waals surface area contributed by atoms with Gasteiger partial charge in [0.15, 0.2) is 0 Å². The predicted octanol–water partition coefficient (Wildman–Crippen LogP) is 5.31. The topological polar surface area (TPSA) is 163 Å². The standard InChI is InChI=1S/C34H42F3N11O4/c1-22-17-46(18-23(2)51-22)28-7-9-29(10-8-28)48-20-30(32(43-48)49-11-4-12-50-34(35,36)37)42-33-39-15-27(16-40-33)25-5-6-26(14-38)31(13-25)52-24(3)19-47-21-41-44-45-47/h5-6,13,15-16,20-24,28-29H,4,7-12,17-19H2,1-3H3,(H,39,40,42)/t22-,23+,24-,28?,29?/m0/s1. The van der Waals surface area contributed by atoms with E-state index in [0.29, 0.717) is 35.2 Å². The number of hydrogen-bond donors (Lipinski definition) is 1. The van der Waals surface area contributed by atoms with E-state index in [4.69, 9.17) is 19.3 Å². The summed E-state index contributed by atoms with van der Waals surface area (Å²) in [6.45, 7) is 7.76. The summed E-state index contributed by atoms with van der Waals surface area (Å²) in [6.07, 6.45) is 5.88. The number of rotatable bonds is 14. The van der Waals surface area contributed by atoms with Gasteiger partial charge in [-0.3, -0.25) is 14.3 Å². The lowest BCUT2D eigenvalue weighted by molar-refractivity contribution is -0.324. The molecule has 1 aliphatic carbocycles. The Bertz CT molecular complexity index is 1760. The fourth-order valence-corrected chi connectivity index (χ4v) is 6.71. The molecule has 0 radical (unpaired) electrons. The van der Waals surface area contributed by atoms with Gasteiger partial charge in [-0.25, -0.2) is 14.6 Å². The van der Waals surface area contributed by atoms with Crippen molar-refractivity contribution in [1.82, 2.24) is 44.9 Å². The Morgan fingerprint density at radius 3 is 2.44 bits per heavy atom. The molecule has 6 rings (SSSR count). The molecule has 278 valence electrons. The second kappa shape index (κ2) is 16.7. The van der Waals surface area contributed by atoms with Crippen molar-refractivity contribution in [2.24, 2.45) is 0 Å². The lowest BCUT2D eigenvalue weighted by Gasteiger charge is -2.42. The fraction of sp³-hybridized carbons (Fsp3) is 0.559. The largest absolute Gasteiger partial charge is 0.522 e. The number of hydrogen-bond acceptors (Lipinski definition) is 13. The van der Waals surface area contributed by atoms with Crippen LogP contribution in [0, 0.1) is 11.3 Å². The Morgan fingerprint density at radius 1 is 1.04 bits per heavy atom. The number of anilines is 2. The molecule has 1 N–H and O–H groups in total. The molecule has 0 unspecified atom stereocenters. The van der Waals surface area contributed by atoms with Crippen LogP contribution >= 0.6 is 0 Å². The molecule has 2 fully saturated rings. The van der Waals surface area contributed by atoms with Crippen LogP contribution in [0.3, 0.4) is 0 Å². The molecule has 0 bridgehead atoms. The summed E-state index contributed by atoms with van der Waals surface area (Å²) < 4.78 is 62.6. The van der Waals surface area contributed by atoms with E-state index in [-0.39, 0.29) is 49.2 Å². The predicted molar refractivity (Wildman–Crippen MR) is 181 cm³/mol. The van der Waals surface area contributed by atoms with E-state index in [1.54, 1.807) is 35.3 Å². The van der Waals surface area contributed by atoms with Gasteiger partial charge in [-0.05, 0) is 74.6 Å². The van der Waals surface area contributed by atoms with Crippen LogP contribution in [0.25, 0.3) is 11.1 Å². The van der Waals surface area contributed by atoms with Gasteiger partial charge in [-0.15, -0.1) is 23.4 Å². The van der Waals surface area contributed by atoms with Crippen molar-refractivity contribution in [2.45, 2.75) is 96.2 Å². The van der Waals surface area contributed by atoms with Crippen LogP contribution in [0.1, 0.15) is 64.5 Å². The minimum absolute atomic E-state index is 0.0191. The first-order valence-electron chi connectivity index (χ1n) is 17.4. The normalized spacial score (nSPS) is 21.7. The third-order valence-corrected chi connectivity index (χ3v) is 8.99. The van der Waals surface area contributed by atoms with E-state index in [2.05, 4.69) is 60.4 Å². The maximum absolute atomic E-state index is 12.5. The molecule has 2 aliphatic rings. The number of ether oxygens (including phenoxy) is 4. The number of aromatic nitrogens is 8. The molecule has 1 aliphatic heterocycles. The lowest BCUT2D eigenvalue weighted by Crippen LogP contribution is -2.51. The van der Waals surface area contributed by atoms with Gasteiger partial charge >= 0.3 is 6.36 Å². The van der Waals surface area contributed by atoms with E-state index >= 15 is 0 Å². The number of alkyl halides is 3. The van der Waals surface area contributed by atoms with Crippen LogP contribution in [0.5, 0.6) is 11.6 Å². The van der Waals surface area contributed by atoms with Crippen molar-refractivity contribution >= 4 is 11.6 Å². The highest BCUT2D eigenvalue weighted by Gasteiger charge is 2.32. The number of tetrazole rings is 1. The average molecular weight is 726 g/mol. The van der Waals surface area contributed by atoms with Crippen LogP contribution in [-0.2, 0) is 16.0 Å². The van der Waals surface area contributed by atoms with Gasteiger partial charge in [0, 0.05) is 43.5 Å². The SMILES string of the molecule is C[C@@H]1CN(C2CCC(n3cc(Nc4ncc(-c5ccc(C#N)c(O[C@@H](C)Cn6cnnn6)c5)cn4)c(OCCCOC(F)(F)F)n3)CC2)C[C@H](C)O1. The Labute approximate surface area is 299 Å². The van der Waals surface area contributed by atoms with Gasteiger partial charge < -0.3 is 19.5 Å². The summed E-state index contributed by atoms with van der Waals surface area (Å²) >= 11 is 0. The molecule has 0 amide bonds. The van der Waals surface area contributed by atoms with Crippen LogP contribution in [0.4, 0.5) is 24.8 Å². The molecule has 1 saturated carbocycles. The van der Waals surface area contributed by atoms with Crippen molar-refractivity contribution < 1.29 is 32.1 Å². The number of halogens is 3. The molecular formula is C34H42F3N11O4. The summed E-state index contributed by atoms with van der Waals surface area (Å²) in [6, 6.07) is 7.99. The van der Waals surface area contributed by atoms with Gasteiger partial charge in [0.25, 0.3) is 5.88 Å². The molecule has 52 heavy (non-hydrogen) atoms. The van der Waals surface area contributed by atoms with Crippen molar-refractivity contribution in [3.63, 3.8) is 0 Å². The van der Waals surface area contributed by atoms with E-state index in [1.807, 2.05) is 17.8 Å². The third-order valence-electron chi connectivity index (χ3n) is 8.99. The molecule has 0 spiro atoms. The van der Waals surface area contributed by atoms with Gasteiger partial charge in [0.2, 0.25) is 5.95 Å². The quantitative estimate of drug-likeness (QED) is 0.167. The monoisotopic (exact) mass is 725 g/mol. The van der Waals surface area contributed by atoms with Crippen molar-refractivity contribution in [1.29, 1.82) is 5.26 Å². The Balaban J connectivity index is 1.13. The highest BCUT2D eigenvalue weighted by atomic mass is 19.4. The first-order chi connectivity index (χ1) is 25.0. The number of nitrogens with one attached hydrogen (secondary N) is 1. The Hall–Kier alpha value is -4.86. The van der Waals surface area contributed by atoms with Crippen LogP contribution < -0.4 is 14.8 Å². The molecule has 4 heterocycles. The maximum atomic E-state index is 12.5. The summed E-state index contributed by atoms with van der Waals surface area (Å²) in [4.78, 5) is 11.5. The summed E-state index contributed by atoms with van der Waals surface area (Å²) in [5, 5.41) is 28.6. The summed E-state index contributed by atoms with van der Waals surface area (Å²) in [7, 11) is 0. The average Bonchev–Trinajstić information content (AvgIpc) is 3.77. The van der Waals surface area contributed by atoms with E-state index in [9.17, 15) is 18.4 Å². The summed E-state index contributed by atoms with van der Waals surface area (Å²) in [5.41, 5.74) is 2.29. The molecule has 18 heteroatoms. The van der Waals surface area contributed by atoms with Crippen LogP contribution in [0.15, 0.2) is 43.1 Å². The fourth-order valence-electron chi connectivity index (χ4n) is 6.71. The highest BCUT2D eigenvalue weighted by molar-refractivity contribution is 5.67. The lowest BCUT2D eigenvalue weighted by atomic mass is 9.89. The zero-order valence-electron chi connectivity index (χ0n) is 29.2. The highest BCUT2D eigenvalue weighted by Crippen LogP contribution is 2.36. The molecule has 4 aromatic rings. The third kappa shape index (κ3) is 9.92. The van der Waals surface area contributed by atoms with Crippen LogP contribution in [0.2, 0.25) is 0 Å². The first kappa shape index (κ1) is 36.9. The van der Waals surface area contributed by atoms with Gasteiger partial charge in [-0.2, -0.15) is 5.26 Å². The molecule has 3 aromatic heterocycles. The maximum Gasteiger partial charge on any atom is 0.522 e. The van der Waals surface area contributed by atoms with Crippen molar-refractivity contribution in [2.75, 3.05) is 31.6 Å². The molecular weight excluding hydrogens is 683 g/mol. The van der Waals surface area contributed by atoms with E-state index in [0.717, 1.165) is 44.3 Å². The van der Waals surface area contributed by atoms with Crippen LogP contribution in [-0.4, -0.2) is 102 Å². The van der Waals surface area contributed by atoms with Crippen molar-refractivity contribution in [3.05, 3.63) is 48.7 Å². The zero-order valence-corrected chi connectivity index (χ0v) is 29.2. The Kier molecular flexibility index (Phi) is 11.8. The number of morpholine rings is 1. The number of nitrogens with zero attached hydrogens (tertiary/aromatic N) is 10. The second-order valence-corrected chi connectivity index (χ2v) is 13.2. The zero-order chi connectivity index (χ0) is 36.7. The molecule has 1 aromatic carbocycles. The molecule has 3 atom stereocenters. The minimum atomic E-state index is -4.70. The Morgan fingerprint density at radius 2 is 1.77 bits per heavy atom. The summed E-state index contributed by atoms with van der Waals surface area (Å²) in [5.74, 6) is 0.913. The van der Waals surface area contributed by atoms with Gasteiger partial charge in [0.1, 0.15) is 29.9 Å². The minimum Gasteiger partial charge on any atom is -0.487 e. The molecule has 15 nitrogen and oxygen atoms in total. The number of benzene rings is 1.